The molecule has 14 nitrogen and oxygen atoms in total. The van der Waals surface area contributed by atoms with Crippen molar-refractivity contribution in [3.8, 4) is 11.5 Å². The Morgan fingerprint density at radius 1 is 0.946 bits per heavy atom. The molecule has 4 amide bonds. The first-order chi connectivity index (χ1) is 26.7. The highest BCUT2D eigenvalue weighted by atomic mass is 16.7. The maximum atomic E-state index is 13.8. The number of carbonyl (C=O) groups excluding carboxylic acids is 4. The molecule has 0 spiro atoms. The summed E-state index contributed by atoms with van der Waals surface area (Å²) in [7, 11) is 7.06. The Hall–Kier alpha value is -5.47. The highest BCUT2D eigenvalue weighted by Gasteiger charge is 2.24. The minimum atomic E-state index is -0.585. The van der Waals surface area contributed by atoms with Gasteiger partial charge in [-0.05, 0) is 102 Å². The molecule has 1 saturated heterocycles. The summed E-state index contributed by atoms with van der Waals surface area (Å²) in [4.78, 5) is 68.0. The minimum Gasteiger partial charge on any atom is -0.495 e. The molecule has 1 aromatic heterocycles. The molecule has 14 heteroatoms. The molecule has 4 aromatic rings. The fourth-order valence-electron chi connectivity index (χ4n) is 6.55. The summed E-state index contributed by atoms with van der Waals surface area (Å²) in [6, 6.07) is 15.9. The maximum absolute atomic E-state index is 13.8. The minimum absolute atomic E-state index is 0.0851. The quantitative estimate of drug-likeness (QED) is 0.0849. The molecule has 0 unspecified atom stereocenters. The molecule has 5 rings (SSSR count). The Morgan fingerprint density at radius 3 is 2.39 bits per heavy atom. The molecule has 1 aliphatic heterocycles. The zero-order valence-electron chi connectivity index (χ0n) is 33.9. The number of amides is 4. The molecular weight excluding hydrogens is 715 g/mol. The SMILES string of the molecule is COc1cc(C(=O)N(C)c2ccc(C)cc2OCCCCCC(=O)N2CCN(C)CC2)ccc1NC(=O)c1cccc2c1nc(CN(C=O)OC(C)(C)C)n2C. The molecule has 3 aromatic carbocycles. The molecule has 2 heterocycles. The van der Waals surface area contributed by atoms with Gasteiger partial charge < -0.3 is 34.1 Å². The van der Waals surface area contributed by atoms with E-state index >= 15 is 0 Å². The van der Waals surface area contributed by atoms with Crippen molar-refractivity contribution >= 4 is 46.5 Å². The second-order valence-electron chi connectivity index (χ2n) is 15.2. The lowest BCUT2D eigenvalue weighted by Gasteiger charge is -2.32. The average molecular weight is 770 g/mol. The number of nitrogens with one attached hydrogen (secondary N) is 1. The van der Waals surface area contributed by atoms with Gasteiger partial charge in [-0.2, -0.15) is 0 Å². The number of likely N-dealkylation sites (N-methyl/N-ethyl adjacent to an activating group) is 1. The van der Waals surface area contributed by atoms with Crippen LogP contribution in [0.25, 0.3) is 11.0 Å². The highest BCUT2D eigenvalue weighted by Crippen LogP contribution is 2.32. The zero-order chi connectivity index (χ0) is 40.6. The molecule has 0 saturated carbocycles. The van der Waals surface area contributed by atoms with Gasteiger partial charge in [-0.25, -0.2) is 10.0 Å². The number of rotatable bonds is 16. The van der Waals surface area contributed by atoms with Crippen LogP contribution in [0.4, 0.5) is 11.4 Å². The third kappa shape index (κ3) is 10.4. The van der Waals surface area contributed by atoms with Crippen molar-refractivity contribution in [2.45, 2.75) is 65.5 Å². The van der Waals surface area contributed by atoms with Gasteiger partial charge in [0.2, 0.25) is 12.3 Å². The molecule has 56 heavy (non-hydrogen) atoms. The number of carbonyl (C=O) groups is 4. The van der Waals surface area contributed by atoms with E-state index in [9.17, 15) is 19.2 Å². The summed E-state index contributed by atoms with van der Waals surface area (Å²) in [5.41, 5.74) is 3.25. The van der Waals surface area contributed by atoms with Crippen molar-refractivity contribution in [2.24, 2.45) is 7.05 Å². The first-order valence-corrected chi connectivity index (χ1v) is 19.0. The summed E-state index contributed by atoms with van der Waals surface area (Å²) in [5, 5.41) is 4.10. The average Bonchev–Trinajstić information content (AvgIpc) is 3.49. The predicted octanol–water partition coefficient (Wildman–Crippen LogP) is 5.82. The molecule has 1 fully saturated rings. The fraction of sp³-hybridized carbons (Fsp3) is 0.452. The van der Waals surface area contributed by atoms with E-state index in [2.05, 4.69) is 17.3 Å². The summed E-state index contributed by atoms with van der Waals surface area (Å²) >= 11 is 0. The van der Waals surface area contributed by atoms with Gasteiger partial charge in [-0.3, -0.25) is 24.0 Å². The molecule has 1 aliphatic rings. The van der Waals surface area contributed by atoms with Gasteiger partial charge in [0.05, 0.1) is 41.8 Å². The van der Waals surface area contributed by atoms with Gasteiger partial charge >= 0.3 is 0 Å². The second kappa shape index (κ2) is 18.4. The van der Waals surface area contributed by atoms with E-state index in [0.717, 1.165) is 51.0 Å². The van der Waals surface area contributed by atoms with Crippen LogP contribution < -0.4 is 19.7 Å². The van der Waals surface area contributed by atoms with E-state index in [1.54, 1.807) is 37.4 Å². The molecule has 0 aliphatic carbocycles. The van der Waals surface area contributed by atoms with Crippen LogP contribution in [-0.2, 0) is 28.0 Å². The van der Waals surface area contributed by atoms with Gasteiger partial charge in [-0.15, -0.1) is 0 Å². The largest absolute Gasteiger partial charge is 0.495 e. The summed E-state index contributed by atoms with van der Waals surface area (Å²) in [6.07, 6.45) is 3.60. The predicted molar refractivity (Wildman–Crippen MR) is 216 cm³/mol. The van der Waals surface area contributed by atoms with E-state index < -0.39 is 11.5 Å². The Morgan fingerprint density at radius 2 is 1.70 bits per heavy atom. The van der Waals surface area contributed by atoms with Crippen LogP contribution in [0.2, 0.25) is 0 Å². The number of para-hydroxylation sites is 1. The van der Waals surface area contributed by atoms with Crippen LogP contribution in [0, 0.1) is 6.92 Å². The van der Waals surface area contributed by atoms with E-state index in [4.69, 9.17) is 19.3 Å². The smallest absolute Gasteiger partial charge is 0.258 e. The van der Waals surface area contributed by atoms with Crippen molar-refractivity contribution in [3.05, 3.63) is 77.1 Å². The number of aromatic nitrogens is 2. The Bertz CT molecular complexity index is 2030. The van der Waals surface area contributed by atoms with Crippen molar-refractivity contribution in [2.75, 3.05) is 64.2 Å². The molecular formula is C42H55N7O7. The van der Waals surface area contributed by atoms with Gasteiger partial charge in [0, 0.05) is 52.3 Å². The van der Waals surface area contributed by atoms with Crippen molar-refractivity contribution in [1.29, 1.82) is 0 Å². The lowest BCUT2D eigenvalue weighted by atomic mass is 10.1. The number of piperazine rings is 1. The van der Waals surface area contributed by atoms with Crippen LogP contribution in [0.5, 0.6) is 11.5 Å². The van der Waals surface area contributed by atoms with Crippen LogP contribution in [0.1, 0.15) is 78.6 Å². The number of hydroxylamine groups is 2. The van der Waals surface area contributed by atoms with Gasteiger partial charge in [-0.1, -0.05) is 12.1 Å². The van der Waals surface area contributed by atoms with E-state index in [1.807, 2.05) is 68.5 Å². The number of benzene rings is 3. The standard InChI is InChI=1S/C42H55N7O7/c1-29-16-19-33(36(25-29)55-24-11-9-10-15-38(51)48-22-20-45(5)21-23-48)47(7)41(53)30-17-18-32(35(26-30)54-8)43-40(52)31-13-12-14-34-39(31)44-37(46(34)6)27-49(28-50)56-42(2,3)4/h12-14,16-19,25-26,28H,9-11,15,20-24,27H2,1-8H3,(H,43,52). The second-order valence-corrected chi connectivity index (χ2v) is 15.2. The number of unbranched alkanes of at least 4 members (excludes halogenated alkanes) is 2. The van der Waals surface area contributed by atoms with Crippen molar-refractivity contribution in [3.63, 3.8) is 0 Å². The van der Waals surface area contributed by atoms with E-state index in [0.29, 0.717) is 70.3 Å². The molecule has 300 valence electrons. The topological polar surface area (TPSA) is 139 Å². The van der Waals surface area contributed by atoms with E-state index in [-0.39, 0.29) is 18.4 Å². The van der Waals surface area contributed by atoms with Gasteiger partial charge in [0.1, 0.15) is 29.4 Å². The summed E-state index contributed by atoms with van der Waals surface area (Å²) in [6.45, 7) is 11.5. The Labute approximate surface area is 329 Å². The fourth-order valence-corrected chi connectivity index (χ4v) is 6.55. The monoisotopic (exact) mass is 769 g/mol. The number of imidazole rings is 1. The first kappa shape index (κ1) is 41.7. The van der Waals surface area contributed by atoms with Gasteiger partial charge in [0.15, 0.2) is 0 Å². The van der Waals surface area contributed by atoms with Crippen LogP contribution in [0.3, 0.4) is 0 Å². The number of aryl methyl sites for hydroxylation is 2. The Balaban J connectivity index is 1.22. The Kier molecular flexibility index (Phi) is 13.7. The summed E-state index contributed by atoms with van der Waals surface area (Å²) in [5.74, 6) is 0.944. The number of nitrogens with zero attached hydrogens (tertiary/aromatic N) is 6. The molecule has 0 bridgehead atoms. The van der Waals surface area contributed by atoms with Crippen LogP contribution >= 0.6 is 0 Å². The summed E-state index contributed by atoms with van der Waals surface area (Å²) < 4.78 is 13.6. The molecule has 0 radical (unpaired) electrons. The number of hydrogen-bond donors (Lipinski definition) is 1. The van der Waals surface area contributed by atoms with Crippen molar-refractivity contribution < 1.29 is 33.5 Å². The van der Waals surface area contributed by atoms with Crippen molar-refractivity contribution in [1.82, 2.24) is 24.4 Å². The molecule has 0 atom stereocenters. The third-order valence-electron chi connectivity index (χ3n) is 9.68. The number of methoxy groups -OCH3 is 1. The third-order valence-corrected chi connectivity index (χ3v) is 9.68. The number of anilines is 2. The lowest BCUT2D eigenvalue weighted by molar-refractivity contribution is -0.221. The lowest BCUT2D eigenvalue weighted by Crippen LogP contribution is -2.47. The van der Waals surface area contributed by atoms with E-state index in [1.165, 1.54) is 17.1 Å². The number of ether oxygens (including phenoxy) is 2. The molecule has 1 N–H and O–H groups in total. The van der Waals surface area contributed by atoms with Crippen LogP contribution in [0.15, 0.2) is 54.6 Å². The van der Waals surface area contributed by atoms with Crippen LogP contribution in [-0.4, -0.2) is 108 Å². The highest BCUT2D eigenvalue weighted by molar-refractivity contribution is 6.12. The zero-order valence-corrected chi connectivity index (χ0v) is 33.9. The first-order valence-electron chi connectivity index (χ1n) is 19.0. The normalized spacial score (nSPS) is 13.4. The maximum Gasteiger partial charge on any atom is 0.258 e. The number of fused-ring (bicyclic) bond motifs is 1. The number of hydrogen-bond acceptors (Lipinski definition) is 9. The van der Waals surface area contributed by atoms with Gasteiger partial charge in [0.25, 0.3) is 11.8 Å².